The summed E-state index contributed by atoms with van der Waals surface area (Å²) in [7, 11) is 0. The van der Waals surface area contributed by atoms with Crippen LogP contribution in [0, 0.1) is 6.92 Å². The summed E-state index contributed by atoms with van der Waals surface area (Å²) in [6.07, 6.45) is 0.829. The van der Waals surface area contributed by atoms with Crippen LogP contribution in [0.2, 0.25) is 0 Å². The van der Waals surface area contributed by atoms with Crippen molar-refractivity contribution in [3.63, 3.8) is 0 Å². The third-order valence-electron chi connectivity index (χ3n) is 1.90. The van der Waals surface area contributed by atoms with E-state index in [4.69, 9.17) is 9.52 Å². The molecule has 1 rings (SSSR count). The topological polar surface area (TPSA) is 88.8 Å². The SMILES string of the molecule is C=CCOC(=O)NCc1cc(C)c(C(=O)O)o1. The number of nitrogens with one attached hydrogen (secondary N) is 1. The standard InChI is InChI=1S/C11H13NO5/c1-3-4-16-11(15)12-6-8-5-7(2)9(17-8)10(13)14/h3,5H,1,4,6H2,2H3,(H,12,15)(H,13,14). The van der Waals surface area contributed by atoms with Crippen LogP contribution in [0.4, 0.5) is 4.79 Å². The Labute approximate surface area is 97.9 Å². The second kappa shape index (κ2) is 5.74. The van der Waals surface area contributed by atoms with Crippen molar-refractivity contribution in [2.45, 2.75) is 13.5 Å². The van der Waals surface area contributed by atoms with E-state index in [0.717, 1.165) is 0 Å². The molecule has 6 heteroatoms. The molecule has 0 aromatic carbocycles. The zero-order chi connectivity index (χ0) is 12.8. The molecule has 0 fully saturated rings. The van der Waals surface area contributed by atoms with Gasteiger partial charge < -0.3 is 19.6 Å². The largest absolute Gasteiger partial charge is 0.475 e. The number of carbonyl (C=O) groups excluding carboxylic acids is 1. The average Bonchev–Trinajstić information content (AvgIpc) is 2.65. The maximum Gasteiger partial charge on any atom is 0.407 e. The molecule has 17 heavy (non-hydrogen) atoms. The first-order valence-electron chi connectivity index (χ1n) is 4.88. The Morgan fingerprint density at radius 3 is 2.88 bits per heavy atom. The van der Waals surface area contributed by atoms with Gasteiger partial charge in [0.25, 0.3) is 0 Å². The van der Waals surface area contributed by atoms with Gasteiger partial charge in [-0.25, -0.2) is 9.59 Å². The Morgan fingerprint density at radius 2 is 2.35 bits per heavy atom. The Morgan fingerprint density at radius 1 is 1.65 bits per heavy atom. The Hall–Kier alpha value is -2.24. The van der Waals surface area contributed by atoms with Crippen molar-refractivity contribution in [3.8, 4) is 0 Å². The Kier molecular flexibility index (Phi) is 4.33. The van der Waals surface area contributed by atoms with Crippen molar-refractivity contribution in [1.82, 2.24) is 5.32 Å². The predicted octanol–water partition coefficient (Wildman–Crippen LogP) is 1.70. The fourth-order valence-electron chi connectivity index (χ4n) is 1.19. The summed E-state index contributed by atoms with van der Waals surface area (Å²) in [5.41, 5.74) is 0.508. The molecule has 0 aliphatic heterocycles. The monoisotopic (exact) mass is 239 g/mol. The third kappa shape index (κ3) is 3.67. The molecule has 2 N–H and O–H groups in total. The maximum absolute atomic E-state index is 11.1. The number of rotatable bonds is 5. The maximum atomic E-state index is 11.1. The first-order chi connectivity index (χ1) is 8.04. The van der Waals surface area contributed by atoms with Gasteiger partial charge in [-0.1, -0.05) is 12.7 Å². The van der Waals surface area contributed by atoms with Crippen molar-refractivity contribution in [2.24, 2.45) is 0 Å². The van der Waals surface area contributed by atoms with Gasteiger partial charge in [0.1, 0.15) is 12.4 Å². The summed E-state index contributed by atoms with van der Waals surface area (Å²) in [6, 6.07) is 1.55. The van der Waals surface area contributed by atoms with Gasteiger partial charge in [-0.15, -0.1) is 0 Å². The lowest BCUT2D eigenvalue weighted by Gasteiger charge is -2.02. The quantitative estimate of drug-likeness (QED) is 0.763. The Balaban J connectivity index is 2.52. The van der Waals surface area contributed by atoms with E-state index in [1.54, 1.807) is 13.0 Å². The number of aromatic carboxylic acids is 1. The number of carboxylic acids is 1. The highest BCUT2D eigenvalue weighted by Gasteiger charge is 2.14. The molecule has 0 saturated heterocycles. The van der Waals surface area contributed by atoms with Crippen LogP contribution in [0.1, 0.15) is 21.9 Å². The fourth-order valence-corrected chi connectivity index (χ4v) is 1.19. The van der Waals surface area contributed by atoms with Crippen LogP contribution in [-0.4, -0.2) is 23.8 Å². The van der Waals surface area contributed by atoms with E-state index in [0.29, 0.717) is 11.3 Å². The smallest absolute Gasteiger partial charge is 0.407 e. The van der Waals surface area contributed by atoms with Gasteiger partial charge in [0.05, 0.1) is 6.54 Å². The number of aryl methyl sites for hydroxylation is 1. The van der Waals surface area contributed by atoms with Gasteiger partial charge >= 0.3 is 12.1 Å². The van der Waals surface area contributed by atoms with E-state index in [9.17, 15) is 9.59 Å². The Bertz CT molecular complexity index is 435. The lowest BCUT2D eigenvalue weighted by molar-refractivity contribution is 0.0659. The van der Waals surface area contributed by atoms with Crippen LogP contribution in [0.5, 0.6) is 0 Å². The zero-order valence-corrected chi connectivity index (χ0v) is 9.36. The van der Waals surface area contributed by atoms with Crippen LogP contribution < -0.4 is 5.32 Å². The van der Waals surface area contributed by atoms with Crippen LogP contribution in [0.25, 0.3) is 0 Å². The first kappa shape index (κ1) is 12.8. The van der Waals surface area contributed by atoms with Gasteiger partial charge in [0, 0.05) is 5.56 Å². The summed E-state index contributed by atoms with van der Waals surface area (Å²) in [4.78, 5) is 21.8. The molecule has 1 aromatic rings. The first-order valence-corrected chi connectivity index (χ1v) is 4.88. The number of hydrogen-bond donors (Lipinski definition) is 2. The van der Waals surface area contributed by atoms with Gasteiger partial charge in [-0.05, 0) is 13.0 Å². The molecule has 0 unspecified atom stereocenters. The molecule has 1 heterocycles. The summed E-state index contributed by atoms with van der Waals surface area (Å²) < 4.78 is 9.71. The molecule has 0 aliphatic rings. The third-order valence-corrected chi connectivity index (χ3v) is 1.90. The molecule has 0 saturated carbocycles. The van der Waals surface area contributed by atoms with Crippen LogP contribution in [0.3, 0.4) is 0 Å². The number of alkyl carbamates (subject to hydrolysis) is 1. The van der Waals surface area contributed by atoms with E-state index < -0.39 is 12.1 Å². The van der Waals surface area contributed by atoms with E-state index >= 15 is 0 Å². The molecule has 0 radical (unpaired) electrons. The highest BCUT2D eigenvalue weighted by atomic mass is 16.5. The number of carbonyl (C=O) groups is 2. The van der Waals surface area contributed by atoms with E-state index in [-0.39, 0.29) is 18.9 Å². The number of furan rings is 1. The minimum Gasteiger partial charge on any atom is -0.475 e. The fraction of sp³-hybridized carbons (Fsp3) is 0.273. The van der Waals surface area contributed by atoms with Crippen molar-refractivity contribution >= 4 is 12.1 Å². The molecule has 1 aromatic heterocycles. The lowest BCUT2D eigenvalue weighted by Crippen LogP contribution is -2.23. The zero-order valence-electron chi connectivity index (χ0n) is 9.36. The van der Waals surface area contributed by atoms with Gasteiger partial charge in [0.15, 0.2) is 0 Å². The predicted molar refractivity (Wildman–Crippen MR) is 58.8 cm³/mol. The molecular weight excluding hydrogens is 226 g/mol. The van der Waals surface area contributed by atoms with Crippen LogP contribution in [0.15, 0.2) is 23.1 Å². The van der Waals surface area contributed by atoms with Crippen molar-refractivity contribution in [1.29, 1.82) is 0 Å². The molecule has 1 amide bonds. The second-order valence-electron chi connectivity index (χ2n) is 3.27. The second-order valence-corrected chi connectivity index (χ2v) is 3.27. The molecule has 0 bridgehead atoms. The van der Waals surface area contributed by atoms with E-state index in [2.05, 4.69) is 16.6 Å². The van der Waals surface area contributed by atoms with Gasteiger partial charge in [-0.2, -0.15) is 0 Å². The van der Waals surface area contributed by atoms with E-state index in [1.807, 2.05) is 0 Å². The summed E-state index contributed by atoms with van der Waals surface area (Å²) in [5.74, 6) is -0.903. The number of hydrogen-bond acceptors (Lipinski definition) is 4. The molecule has 0 aliphatic carbocycles. The number of ether oxygens (including phenoxy) is 1. The van der Waals surface area contributed by atoms with Crippen LogP contribution in [-0.2, 0) is 11.3 Å². The summed E-state index contributed by atoms with van der Waals surface area (Å²) >= 11 is 0. The molecule has 6 nitrogen and oxygen atoms in total. The normalized spacial score (nSPS) is 9.71. The highest BCUT2D eigenvalue weighted by molar-refractivity contribution is 5.86. The molecular formula is C11H13NO5. The van der Waals surface area contributed by atoms with Crippen molar-refractivity contribution < 1.29 is 23.8 Å². The minimum atomic E-state index is -1.14. The van der Waals surface area contributed by atoms with Crippen molar-refractivity contribution in [2.75, 3.05) is 6.61 Å². The number of amides is 1. The van der Waals surface area contributed by atoms with E-state index in [1.165, 1.54) is 6.08 Å². The lowest BCUT2D eigenvalue weighted by atomic mass is 10.2. The minimum absolute atomic E-state index is 0.0735. The number of carboxylic acid groups (broad SMARTS) is 1. The van der Waals surface area contributed by atoms with Crippen molar-refractivity contribution in [3.05, 3.63) is 35.8 Å². The summed E-state index contributed by atoms with van der Waals surface area (Å²) in [5, 5.41) is 11.2. The molecule has 92 valence electrons. The average molecular weight is 239 g/mol. The molecule has 0 atom stereocenters. The van der Waals surface area contributed by atoms with Gasteiger partial charge in [-0.3, -0.25) is 0 Å². The molecule has 0 spiro atoms. The highest BCUT2D eigenvalue weighted by Crippen LogP contribution is 2.14. The van der Waals surface area contributed by atoms with Gasteiger partial charge in [0.2, 0.25) is 5.76 Å². The van der Waals surface area contributed by atoms with Crippen LogP contribution >= 0.6 is 0 Å². The summed E-state index contributed by atoms with van der Waals surface area (Å²) in [6.45, 7) is 5.20.